The summed E-state index contributed by atoms with van der Waals surface area (Å²) in [5, 5.41) is 23.6. The van der Waals surface area contributed by atoms with Crippen LogP contribution in [-0.4, -0.2) is 47.3 Å². The topological polar surface area (TPSA) is 102 Å². The van der Waals surface area contributed by atoms with Gasteiger partial charge in [0.15, 0.2) is 11.5 Å². The highest BCUT2D eigenvalue weighted by Gasteiger charge is 2.51. The smallest absolute Gasteiger partial charge is 0.235 e. The summed E-state index contributed by atoms with van der Waals surface area (Å²) in [6.07, 6.45) is 0.635. The maximum atomic E-state index is 13.5. The largest absolute Gasteiger partial charge is 0.494 e. The number of benzene rings is 2. The highest BCUT2D eigenvalue weighted by molar-refractivity contribution is 6.03. The van der Waals surface area contributed by atoms with Crippen LogP contribution >= 0.6 is 0 Å². The average molecular weight is 485 g/mol. The number of carbonyl (C=O) groups is 1. The van der Waals surface area contributed by atoms with Crippen LogP contribution in [-0.2, 0) is 22.2 Å². The van der Waals surface area contributed by atoms with Crippen molar-refractivity contribution in [2.24, 2.45) is 0 Å². The summed E-state index contributed by atoms with van der Waals surface area (Å²) < 4.78 is 18.6. The molecule has 0 saturated heterocycles. The minimum atomic E-state index is -0.896. The molecule has 3 N–H and O–H groups in total. The first-order chi connectivity index (χ1) is 16.7. The molecule has 2 heterocycles. The van der Waals surface area contributed by atoms with E-state index in [-0.39, 0.29) is 34.1 Å². The van der Waals surface area contributed by atoms with Crippen LogP contribution in [0.25, 0.3) is 10.9 Å². The van der Waals surface area contributed by atoms with Gasteiger partial charge in [-0.15, -0.1) is 0 Å². The molecule has 0 radical (unpaired) electrons. The van der Waals surface area contributed by atoms with Gasteiger partial charge in [0, 0.05) is 31.1 Å². The summed E-state index contributed by atoms with van der Waals surface area (Å²) in [7, 11) is 1.59. The number of fused-ring (bicyclic) bond motifs is 2. The van der Waals surface area contributed by atoms with Gasteiger partial charge in [-0.1, -0.05) is 26.8 Å². The SMILES string of the molecule is COc1cc(NC(=O)C2(c3ccc4c(c3)OCO4)CC2)cc2cc(C(C)(C)C)n(CC(O)CO)c12.[HH].[HH]. The van der Waals surface area contributed by atoms with Crippen LogP contribution in [0.5, 0.6) is 17.2 Å². The molecule has 190 valence electrons. The number of aliphatic hydroxyl groups excluding tert-OH is 2. The zero-order valence-electron chi connectivity index (χ0n) is 20.6. The van der Waals surface area contributed by atoms with Crippen LogP contribution in [0.2, 0.25) is 0 Å². The van der Waals surface area contributed by atoms with E-state index in [9.17, 15) is 15.0 Å². The van der Waals surface area contributed by atoms with E-state index in [4.69, 9.17) is 14.2 Å². The molecule has 1 aliphatic carbocycles. The molecular weight excluding hydrogens is 448 g/mol. The predicted octanol–water partition coefficient (Wildman–Crippen LogP) is 4.19. The van der Waals surface area contributed by atoms with Gasteiger partial charge in [-0.05, 0) is 42.7 Å². The molecule has 0 spiro atoms. The Bertz CT molecular complexity index is 1300. The lowest BCUT2D eigenvalue weighted by Gasteiger charge is -2.24. The first-order valence-corrected chi connectivity index (χ1v) is 11.9. The van der Waals surface area contributed by atoms with Gasteiger partial charge >= 0.3 is 0 Å². The Morgan fingerprint density at radius 3 is 2.60 bits per heavy atom. The normalized spacial score (nSPS) is 16.9. The molecule has 2 aromatic carbocycles. The van der Waals surface area contributed by atoms with Crippen molar-refractivity contribution in [1.29, 1.82) is 0 Å². The summed E-state index contributed by atoms with van der Waals surface area (Å²) in [4.78, 5) is 13.5. The number of carbonyl (C=O) groups excluding carboxylic acids is 1. The molecule has 35 heavy (non-hydrogen) atoms. The zero-order chi connectivity index (χ0) is 25.0. The fourth-order valence-electron chi connectivity index (χ4n) is 4.90. The van der Waals surface area contributed by atoms with Gasteiger partial charge in [-0.2, -0.15) is 0 Å². The number of ether oxygens (including phenoxy) is 3. The van der Waals surface area contributed by atoms with Crippen LogP contribution < -0.4 is 19.5 Å². The van der Waals surface area contributed by atoms with E-state index in [0.29, 0.717) is 22.9 Å². The predicted molar refractivity (Wildman–Crippen MR) is 137 cm³/mol. The molecule has 8 heteroatoms. The van der Waals surface area contributed by atoms with Crippen molar-refractivity contribution in [3.05, 3.63) is 47.7 Å². The number of hydrogen-bond acceptors (Lipinski definition) is 6. The zero-order valence-corrected chi connectivity index (χ0v) is 20.6. The third-order valence-corrected chi connectivity index (χ3v) is 6.92. The maximum absolute atomic E-state index is 13.5. The second-order valence-corrected chi connectivity index (χ2v) is 10.4. The van der Waals surface area contributed by atoms with Gasteiger partial charge in [-0.25, -0.2) is 0 Å². The number of methoxy groups -OCH3 is 1. The molecule has 0 bridgehead atoms. The monoisotopic (exact) mass is 484 g/mol. The van der Waals surface area contributed by atoms with E-state index in [2.05, 4.69) is 32.2 Å². The summed E-state index contributed by atoms with van der Waals surface area (Å²) in [6.45, 7) is 6.40. The maximum Gasteiger partial charge on any atom is 0.235 e. The summed E-state index contributed by atoms with van der Waals surface area (Å²) in [5.74, 6) is 1.90. The van der Waals surface area contributed by atoms with Gasteiger partial charge in [0.25, 0.3) is 0 Å². The number of hydrogen-bond donors (Lipinski definition) is 3. The van der Waals surface area contributed by atoms with Gasteiger partial charge in [0.2, 0.25) is 12.7 Å². The summed E-state index contributed by atoms with van der Waals surface area (Å²) >= 11 is 0. The number of aliphatic hydroxyl groups is 2. The quantitative estimate of drug-likeness (QED) is 0.465. The Morgan fingerprint density at radius 1 is 1.20 bits per heavy atom. The Morgan fingerprint density at radius 2 is 1.94 bits per heavy atom. The van der Waals surface area contributed by atoms with Crippen molar-refractivity contribution in [2.75, 3.05) is 25.8 Å². The number of anilines is 1. The number of nitrogens with one attached hydrogen (secondary N) is 1. The fraction of sp³-hybridized carbons (Fsp3) is 0.444. The van der Waals surface area contributed by atoms with E-state index in [1.54, 1.807) is 7.11 Å². The minimum Gasteiger partial charge on any atom is -0.494 e. The third kappa shape index (κ3) is 4.10. The van der Waals surface area contributed by atoms with E-state index in [1.807, 2.05) is 34.9 Å². The number of nitrogens with zero attached hydrogens (tertiary/aromatic N) is 1. The van der Waals surface area contributed by atoms with Crippen LogP contribution in [0.15, 0.2) is 36.4 Å². The Labute approximate surface area is 207 Å². The van der Waals surface area contributed by atoms with Crippen LogP contribution in [0, 0.1) is 0 Å². The molecule has 2 aliphatic rings. The summed E-state index contributed by atoms with van der Waals surface area (Å²) in [5.41, 5.74) is 2.59. The second-order valence-electron chi connectivity index (χ2n) is 10.4. The molecule has 1 amide bonds. The molecule has 1 aromatic heterocycles. The lowest BCUT2D eigenvalue weighted by atomic mass is 9.92. The van der Waals surface area contributed by atoms with Gasteiger partial charge in [-0.3, -0.25) is 4.79 Å². The van der Waals surface area contributed by atoms with Gasteiger partial charge in [0.1, 0.15) is 5.75 Å². The highest BCUT2D eigenvalue weighted by Crippen LogP contribution is 2.51. The van der Waals surface area contributed by atoms with Crippen molar-refractivity contribution >= 4 is 22.5 Å². The minimum absolute atomic E-state index is 0. The number of rotatable bonds is 7. The Balaban J connectivity index is 0.00000190. The van der Waals surface area contributed by atoms with E-state index in [1.165, 1.54) is 0 Å². The van der Waals surface area contributed by atoms with Crippen LogP contribution in [0.4, 0.5) is 5.69 Å². The fourth-order valence-corrected chi connectivity index (χ4v) is 4.90. The van der Waals surface area contributed by atoms with Crippen LogP contribution in [0.1, 0.15) is 47.7 Å². The van der Waals surface area contributed by atoms with E-state index in [0.717, 1.165) is 35.0 Å². The molecule has 1 fully saturated rings. The highest BCUT2D eigenvalue weighted by atomic mass is 16.7. The molecule has 1 atom stereocenters. The first-order valence-electron chi connectivity index (χ1n) is 11.9. The Hall–Kier alpha value is -3.23. The second kappa shape index (κ2) is 8.46. The first kappa shape index (κ1) is 23.5. The van der Waals surface area contributed by atoms with E-state index < -0.39 is 11.5 Å². The molecule has 1 aliphatic heterocycles. The molecule has 1 unspecified atom stereocenters. The molecule has 5 rings (SSSR count). The van der Waals surface area contributed by atoms with Crippen molar-refractivity contribution < 1.29 is 32.1 Å². The van der Waals surface area contributed by atoms with Gasteiger partial charge in [0.05, 0.1) is 37.3 Å². The standard InChI is InChI=1S/C27H32N2O6.2H2/c1-26(2,3)23-10-16-9-18(12-22(33-4)24(16)29(23)13-19(31)14-30)28-25(32)27(7-8-27)17-5-6-20-21(11-17)35-15-34-20;;/h5-6,9-12,19,30-31H,7-8,13-15H2,1-4H3,(H,28,32);2*1H. The van der Waals surface area contributed by atoms with Crippen molar-refractivity contribution in [2.45, 2.75) is 57.1 Å². The lowest BCUT2D eigenvalue weighted by molar-refractivity contribution is -0.118. The third-order valence-electron chi connectivity index (χ3n) is 6.92. The molecule has 1 saturated carbocycles. The van der Waals surface area contributed by atoms with Crippen molar-refractivity contribution in [3.63, 3.8) is 0 Å². The molecular formula is C27H36N2O6. The lowest BCUT2D eigenvalue weighted by Crippen LogP contribution is -2.27. The van der Waals surface area contributed by atoms with E-state index >= 15 is 0 Å². The van der Waals surface area contributed by atoms with Crippen molar-refractivity contribution in [1.82, 2.24) is 4.57 Å². The van der Waals surface area contributed by atoms with Crippen molar-refractivity contribution in [3.8, 4) is 17.2 Å². The Kier molecular flexibility index (Phi) is 5.68. The molecule has 3 aromatic rings. The number of aromatic nitrogens is 1. The van der Waals surface area contributed by atoms with Gasteiger partial charge < -0.3 is 34.3 Å². The summed E-state index contributed by atoms with van der Waals surface area (Å²) in [6, 6.07) is 11.5. The van der Waals surface area contributed by atoms with Crippen LogP contribution in [0.3, 0.4) is 0 Å². The average Bonchev–Trinajstić information content (AvgIpc) is 3.36. The number of amides is 1. The molecule has 8 nitrogen and oxygen atoms in total.